The average Bonchev–Trinajstić information content (AvgIpc) is 3.37. The number of thiazole rings is 1. The minimum atomic E-state index is -5.00. The second kappa shape index (κ2) is 10.5. The van der Waals surface area contributed by atoms with Gasteiger partial charge in [-0.15, -0.1) is 11.3 Å². The summed E-state index contributed by atoms with van der Waals surface area (Å²) < 4.78 is 86.4. The van der Waals surface area contributed by atoms with Gasteiger partial charge in [0.1, 0.15) is 16.4 Å². The van der Waals surface area contributed by atoms with Gasteiger partial charge in [-0.2, -0.15) is 26.3 Å². The van der Waals surface area contributed by atoms with Gasteiger partial charge in [0.25, 0.3) is 0 Å². The van der Waals surface area contributed by atoms with Gasteiger partial charge in [0.05, 0.1) is 11.1 Å². The largest absolute Gasteiger partial charge is 0.493 e. The quantitative estimate of drug-likeness (QED) is 0.160. The van der Waals surface area contributed by atoms with Gasteiger partial charge in [-0.3, -0.25) is 9.36 Å². The van der Waals surface area contributed by atoms with E-state index in [0.29, 0.717) is 41.9 Å². The maximum absolute atomic E-state index is 13.2. The molecule has 0 saturated heterocycles. The predicted octanol–water partition coefficient (Wildman–Crippen LogP) is 7.99. The Balaban J connectivity index is 1.86. The van der Waals surface area contributed by atoms with Crippen molar-refractivity contribution in [3.05, 3.63) is 62.6 Å². The van der Waals surface area contributed by atoms with Crippen molar-refractivity contribution in [2.45, 2.75) is 44.6 Å². The molecule has 36 heavy (non-hydrogen) atoms. The minimum absolute atomic E-state index is 0.0242. The van der Waals surface area contributed by atoms with E-state index < -0.39 is 35.0 Å². The molecule has 0 spiro atoms. The molecular weight excluding hydrogens is 532 g/mol. The summed E-state index contributed by atoms with van der Waals surface area (Å²) >= 11 is 6.28. The molecule has 0 aliphatic carbocycles. The highest BCUT2D eigenvalue weighted by atomic mass is 32.1. The van der Waals surface area contributed by atoms with Gasteiger partial charge in [-0.25, -0.2) is 0 Å². The lowest BCUT2D eigenvalue weighted by atomic mass is 10.0. The second-order valence-electron chi connectivity index (χ2n) is 7.81. The van der Waals surface area contributed by atoms with E-state index in [1.165, 1.54) is 16.7 Å². The molecule has 0 fully saturated rings. The Bertz CT molecular complexity index is 1300. The van der Waals surface area contributed by atoms with Gasteiger partial charge in [0.15, 0.2) is 3.95 Å². The number of aromatic hydroxyl groups is 1. The Kier molecular flexibility index (Phi) is 8.04. The monoisotopic (exact) mass is 551 g/mol. The van der Waals surface area contributed by atoms with E-state index in [1.54, 1.807) is 0 Å². The summed E-state index contributed by atoms with van der Waals surface area (Å²) in [6.07, 6.45) is -8.36. The average molecular weight is 552 g/mol. The van der Waals surface area contributed by atoms with Crippen LogP contribution < -0.4 is 0 Å². The van der Waals surface area contributed by atoms with Crippen LogP contribution in [0, 0.1) is 3.95 Å². The molecule has 2 heterocycles. The third-order valence-corrected chi connectivity index (χ3v) is 6.69. The molecule has 2 N–H and O–H groups in total. The lowest BCUT2D eigenvalue weighted by molar-refractivity contribution is -0.143. The van der Waals surface area contributed by atoms with Crippen molar-refractivity contribution in [2.24, 2.45) is 0 Å². The van der Waals surface area contributed by atoms with Crippen molar-refractivity contribution in [1.82, 2.24) is 4.57 Å². The lowest BCUT2D eigenvalue weighted by Crippen LogP contribution is -2.11. The number of aliphatic carboxylic acids is 1. The third-order valence-electron chi connectivity index (χ3n) is 5.19. The Labute approximate surface area is 209 Å². The van der Waals surface area contributed by atoms with E-state index in [4.69, 9.17) is 21.7 Å². The highest BCUT2D eigenvalue weighted by Gasteiger charge is 2.37. The van der Waals surface area contributed by atoms with E-state index in [2.05, 4.69) is 6.58 Å². The summed E-state index contributed by atoms with van der Waals surface area (Å²) in [7, 11) is 0. The highest BCUT2D eigenvalue weighted by Crippen LogP contribution is 2.41. The molecule has 0 atom stereocenters. The SMILES string of the molecule is C=C(c1ccc(-c2cc(C(F)(F)F)cc(C(F)(F)F)c2)o1)c1sc(=S)n(CCCCCC(=O)O)c1O. The van der Waals surface area contributed by atoms with Crippen molar-refractivity contribution in [2.75, 3.05) is 0 Å². The van der Waals surface area contributed by atoms with Gasteiger partial charge >= 0.3 is 18.3 Å². The first-order chi connectivity index (χ1) is 16.7. The van der Waals surface area contributed by atoms with Crippen LogP contribution in [-0.2, 0) is 23.7 Å². The Morgan fingerprint density at radius 3 is 2.19 bits per heavy atom. The molecule has 0 bridgehead atoms. The molecule has 0 radical (unpaired) electrons. The second-order valence-corrected chi connectivity index (χ2v) is 9.46. The molecule has 3 aromatic rings. The first-order valence-corrected chi connectivity index (χ1v) is 11.6. The normalized spacial score (nSPS) is 12.2. The maximum Gasteiger partial charge on any atom is 0.416 e. The molecule has 13 heteroatoms. The van der Waals surface area contributed by atoms with E-state index in [-0.39, 0.29) is 40.3 Å². The van der Waals surface area contributed by atoms with Gasteiger partial charge < -0.3 is 14.6 Å². The van der Waals surface area contributed by atoms with Crippen molar-refractivity contribution in [1.29, 1.82) is 0 Å². The zero-order valence-corrected chi connectivity index (χ0v) is 20.0. The third kappa shape index (κ3) is 6.38. The molecule has 0 aliphatic heterocycles. The van der Waals surface area contributed by atoms with Crippen LogP contribution in [0.4, 0.5) is 26.3 Å². The van der Waals surface area contributed by atoms with E-state index in [9.17, 15) is 36.2 Å². The lowest BCUT2D eigenvalue weighted by Gasteiger charge is -2.13. The summed E-state index contributed by atoms with van der Waals surface area (Å²) in [5.41, 5.74) is -3.23. The van der Waals surface area contributed by atoms with Crippen molar-refractivity contribution in [3.63, 3.8) is 0 Å². The smallest absolute Gasteiger partial charge is 0.416 e. The van der Waals surface area contributed by atoms with E-state index in [0.717, 1.165) is 11.3 Å². The van der Waals surface area contributed by atoms with Gasteiger partial charge in [-0.1, -0.05) is 13.0 Å². The number of alkyl halides is 6. The van der Waals surface area contributed by atoms with Crippen molar-refractivity contribution < 1.29 is 45.8 Å². The molecule has 0 amide bonds. The number of rotatable bonds is 9. The molecule has 0 saturated carbocycles. The summed E-state index contributed by atoms with van der Waals surface area (Å²) in [6, 6.07) is 3.68. The number of aromatic nitrogens is 1. The van der Waals surface area contributed by atoms with Crippen molar-refractivity contribution in [3.8, 4) is 17.2 Å². The van der Waals surface area contributed by atoms with Crippen LogP contribution in [0.25, 0.3) is 16.9 Å². The first-order valence-electron chi connectivity index (χ1n) is 10.4. The number of carbonyl (C=O) groups is 1. The first kappa shape index (κ1) is 27.5. The Morgan fingerprint density at radius 2 is 1.64 bits per heavy atom. The Morgan fingerprint density at radius 1 is 1.03 bits per heavy atom. The molecule has 3 rings (SSSR count). The van der Waals surface area contributed by atoms with Gasteiger partial charge in [-0.05, 0) is 55.4 Å². The molecule has 194 valence electrons. The zero-order valence-electron chi connectivity index (χ0n) is 18.4. The number of hydrogen-bond acceptors (Lipinski definition) is 5. The standard InChI is InChI=1S/C23H19F6NO4S2/c1-12(19-20(33)30(21(35)36-19)8-4-2-3-5-18(31)32)16-6-7-17(34-16)13-9-14(22(24,25)26)11-15(10-13)23(27,28)29/h6-7,9-11,33H,1-5,8H2,(H,31,32). The summed E-state index contributed by atoms with van der Waals surface area (Å²) in [4.78, 5) is 10.8. The predicted molar refractivity (Wildman–Crippen MR) is 123 cm³/mol. The van der Waals surface area contributed by atoms with Crippen LogP contribution in [0.2, 0.25) is 0 Å². The number of unbranched alkanes of at least 4 members (excludes halogenated alkanes) is 2. The van der Waals surface area contributed by atoms with Crippen LogP contribution in [0.5, 0.6) is 5.88 Å². The fraction of sp³-hybridized carbons (Fsp3) is 0.304. The highest BCUT2D eigenvalue weighted by molar-refractivity contribution is 7.73. The van der Waals surface area contributed by atoms with Gasteiger partial charge in [0.2, 0.25) is 5.88 Å². The molecule has 0 unspecified atom stereocenters. The van der Waals surface area contributed by atoms with Crippen molar-refractivity contribution >= 4 is 35.1 Å². The molecule has 2 aromatic heterocycles. The zero-order chi connectivity index (χ0) is 26.8. The number of carboxylic acids is 1. The minimum Gasteiger partial charge on any atom is -0.493 e. The molecule has 0 aliphatic rings. The summed E-state index contributed by atoms with van der Waals surface area (Å²) in [6.45, 7) is 4.15. The summed E-state index contributed by atoms with van der Waals surface area (Å²) in [5.74, 6) is -1.34. The number of furan rings is 1. The van der Waals surface area contributed by atoms with Crippen LogP contribution in [0.1, 0.15) is 47.4 Å². The van der Waals surface area contributed by atoms with Gasteiger partial charge in [0, 0.05) is 24.1 Å². The number of carboxylic acid groups (broad SMARTS) is 1. The van der Waals surface area contributed by atoms with E-state index in [1.807, 2.05) is 0 Å². The number of benzene rings is 1. The molecular formula is C23H19F6NO4S2. The van der Waals surface area contributed by atoms with E-state index >= 15 is 0 Å². The Hall–Kier alpha value is -3.06. The topological polar surface area (TPSA) is 75.6 Å². The number of halogens is 6. The fourth-order valence-electron chi connectivity index (χ4n) is 3.38. The number of nitrogens with zero attached hydrogens (tertiary/aromatic N) is 1. The van der Waals surface area contributed by atoms with Crippen LogP contribution in [0.3, 0.4) is 0 Å². The van der Waals surface area contributed by atoms with Crippen LogP contribution in [0.15, 0.2) is 41.3 Å². The molecule has 1 aromatic carbocycles. The maximum atomic E-state index is 13.2. The number of hydrogen-bond donors (Lipinski definition) is 2. The van der Waals surface area contributed by atoms with Crippen LogP contribution >= 0.6 is 23.6 Å². The fourth-order valence-corrected chi connectivity index (χ4v) is 4.69. The summed E-state index contributed by atoms with van der Waals surface area (Å²) in [5, 5.41) is 19.3. The molecule has 5 nitrogen and oxygen atoms in total. The van der Waals surface area contributed by atoms with Crippen LogP contribution in [-0.4, -0.2) is 20.7 Å².